The van der Waals surface area contributed by atoms with Crippen LogP contribution in [0.1, 0.15) is 17.2 Å². The summed E-state index contributed by atoms with van der Waals surface area (Å²) < 4.78 is 1.72. The van der Waals surface area contributed by atoms with Gasteiger partial charge in [0.15, 0.2) is 0 Å². The SMILES string of the molecule is Cc1ccc(C(C#N)Nc2ccc(Cl)c(Br)c2)c(Br)c1. The van der Waals surface area contributed by atoms with Crippen LogP contribution < -0.4 is 5.32 Å². The summed E-state index contributed by atoms with van der Waals surface area (Å²) in [5.74, 6) is 0. The Kier molecular flexibility index (Phi) is 5.09. The third-order valence-electron chi connectivity index (χ3n) is 2.83. The van der Waals surface area contributed by atoms with Gasteiger partial charge in [0, 0.05) is 20.2 Å². The molecule has 0 aliphatic carbocycles. The van der Waals surface area contributed by atoms with Crippen LogP contribution in [0.4, 0.5) is 5.69 Å². The van der Waals surface area contributed by atoms with E-state index in [1.165, 1.54) is 0 Å². The van der Waals surface area contributed by atoms with Gasteiger partial charge in [0.05, 0.1) is 11.1 Å². The zero-order chi connectivity index (χ0) is 14.7. The summed E-state index contributed by atoms with van der Waals surface area (Å²) in [6, 6.07) is 13.3. The Bertz CT molecular complexity index is 680. The molecule has 0 saturated heterocycles. The van der Waals surface area contributed by atoms with Crippen LogP contribution in [-0.4, -0.2) is 0 Å². The number of benzene rings is 2. The van der Waals surface area contributed by atoms with Gasteiger partial charge in [-0.25, -0.2) is 0 Å². The van der Waals surface area contributed by atoms with Crippen molar-refractivity contribution in [1.29, 1.82) is 5.26 Å². The van der Waals surface area contributed by atoms with E-state index < -0.39 is 6.04 Å². The van der Waals surface area contributed by atoms with Crippen molar-refractivity contribution in [2.24, 2.45) is 0 Å². The monoisotopic (exact) mass is 412 g/mol. The zero-order valence-electron chi connectivity index (χ0n) is 10.6. The van der Waals surface area contributed by atoms with E-state index in [9.17, 15) is 5.26 Å². The van der Waals surface area contributed by atoms with Crippen LogP contribution in [0.2, 0.25) is 5.02 Å². The number of aryl methyl sites for hydroxylation is 1. The second-order valence-corrected chi connectivity index (χ2v) is 6.48. The lowest BCUT2D eigenvalue weighted by Gasteiger charge is -2.15. The number of nitriles is 1. The van der Waals surface area contributed by atoms with Gasteiger partial charge in [-0.2, -0.15) is 5.26 Å². The number of nitrogens with zero attached hydrogens (tertiary/aromatic N) is 1. The standard InChI is InChI=1S/C15H11Br2ClN2/c1-9-2-4-11(12(16)6-9)15(8-19)20-10-3-5-14(18)13(17)7-10/h2-7,15,20H,1H3. The first-order chi connectivity index (χ1) is 9.51. The highest BCUT2D eigenvalue weighted by Crippen LogP contribution is 2.30. The van der Waals surface area contributed by atoms with Crippen LogP contribution in [0.15, 0.2) is 45.3 Å². The Labute approximate surface area is 140 Å². The fourth-order valence-corrected chi connectivity index (χ4v) is 3.02. The summed E-state index contributed by atoms with van der Waals surface area (Å²) in [4.78, 5) is 0. The second-order valence-electron chi connectivity index (χ2n) is 4.36. The molecule has 0 heterocycles. The molecule has 5 heteroatoms. The maximum Gasteiger partial charge on any atom is 0.141 e. The van der Waals surface area contributed by atoms with Gasteiger partial charge in [-0.3, -0.25) is 0 Å². The van der Waals surface area contributed by atoms with Crippen molar-refractivity contribution in [3.8, 4) is 6.07 Å². The Balaban J connectivity index is 2.29. The van der Waals surface area contributed by atoms with Gasteiger partial charge in [0.1, 0.15) is 6.04 Å². The summed E-state index contributed by atoms with van der Waals surface area (Å²) >= 11 is 12.8. The molecule has 1 atom stereocenters. The number of rotatable bonds is 3. The number of anilines is 1. The molecular formula is C15H11Br2ClN2. The molecule has 1 unspecified atom stereocenters. The molecule has 0 aliphatic rings. The third kappa shape index (κ3) is 3.54. The van der Waals surface area contributed by atoms with E-state index in [-0.39, 0.29) is 0 Å². The molecule has 0 amide bonds. The molecule has 0 fully saturated rings. The Morgan fingerprint density at radius 2 is 1.90 bits per heavy atom. The van der Waals surface area contributed by atoms with Crippen LogP contribution in [0.25, 0.3) is 0 Å². The highest BCUT2D eigenvalue weighted by molar-refractivity contribution is 9.10. The fourth-order valence-electron chi connectivity index (χ4n) is 1.80. The smallest absolute Gasteiger partial charge is 0.141 e. The van der Waals surface area contributed by atoms with Gasteiger partial charge in [0.25, 0.3) is 0 Å². The number of halogens is 3. The lowest BCUT2D eigenvalue weighted by atomic mass is 10.1. The molecule has 2 nitrogen and oxygen atoms in total. The fraction of sp³-hybridized carbons (Fsp3) is 0.133. The predicted octanol–water partition coefficient (Wildman–Crippen LogP) is 5.85. The molecule has 102 valence electrons. The quantitative estimate of drug-likeness (QED) is 0.684. The number of nitrogens with one attached hydrogen (secondary N) is 1. The molecular weight excluding hydrogens is 403 g/mol. The van der Waals surface area contributed by atoms with Crippen molar-refractivity contribution in [3.63, 3.8) is 0 Å². The van der Waals surface area contributed by atoms with Gasteiger partial charge in [-0.05, 0) is 52.7 Å². The molecule has 20 heavy (non-hydrogen) atoms. The average Bonchev–Trinajstić information content (AvgIpc) is 2.41. The Hall–Kier alpha value is -1.02. The summed E-state index contributed by atoms with van der Waals surface area (Å²) in [5, 5.41) is 13.2. The molecule has 2 aromatic carbocycles. The van der Waals surface area contributed by atoms with Crippen LogP contribution in [-0.2, 0) is 0 Å². The molecule has 0 spiro atoms. The lowest BCUT2D eigenvalue weighted by molar-refractivity contribution is 0.987. The topological polar surface area (TPSA) is 35.8 Å². The van der Waals surface area contributed by atoms with E-state index in [1.807, 2.05) is 37.3 Å². The van der Waals surface area contributed by atoms with Crippen LogP contribution in [0.5, 0.6) is 0 Å². The molecule has 0 saturated carbocycles. The second kappa shape index (κ2) is 6.62. The minimum absolute atomic E-state index is 0.432. The number of hydrogen-bond acceptors (Lipinski definition) is 2. The van der Waals surface area contributed by atoms with Crippen LogP contribution in [0, 0.1) is 18.3 Å². The maximum atomic E-state index is 9.39. The van der Waals surface area contributed by atoms with E-state index in [2.05, 4.69) is 43.2 Å². The van der Waals surface area contributed by atoms with E-state index in [0.717, 1.165) is 25.8 Å². The van der Waals surface area contributed by atoms with Crippen molar-refractivity contribution in [1.82, 2.24) is 0 Å². The van der Waals surface area contributed by atoms with Crippen molar-refractivity contribution in [2.45, 2.75) is 13.0 Å². The highest BCUT2D eigenvalue weighted by Gasteiger charge is 2.14. The van der Waals surface area contributed by atoms with E-state index in [4.69, 9.17) is 11.6 Å². The van der Waals surface area contributed by atoms with E-state index in [0.29, 0.717) is 5.02 Å². The summed E-state index contributed by atoms with van der Waals surface area (Å²) in [5.41, 5.74) is 2.89. The number of hydrogen-bond donors (Lipinski definition) is 1. The predicted molar refractivity (Wildman–Crippen MR) is 90.0 cm³/mol. The summed E-state index contributed by atoms with van der Waals surface area (Å²) in [7, 11) is 0. The van der Waals surface area contributed by atoms with Gasteiger partial charge >= 0.3 is 0 Å². The summed E-state index contributed by atoms with van der Waals surface area (Å²) in [6.45, 7) is 2.01. The molecule has 2 aromatic rings. The molecule has 2 rings (SSSR count). The molecule has 1 N–H and O–H groups in total. The Morgan fingerprint density at radius 3 is 2.50 bits per heavy atom. The molecule has 0 aromatic heterocycles. The van der Waals surface area contributed by atoms with Gasteiger partial charge in [-0.1, -0.05) is 39.7 Å². The Morgan fingerprint density at radius 1 is 1.15 bits per heavy atom. The summed E-state index contributed by atoms with van der Waals surface area (Å²) in [6.07, 6.45) is 0. The highest BCUT2D eigenvalue weighted by atomic mass is 79.9. The minimum Gasteiger partial charge on any atom is -0.366 e. The molecule has 0 aliphatic heterocycles. The van der Waals surface area contributed by atoms with Crippen LogP contribution >= 0.6 is 43.5 Å². The third-order valence-corrected chi connectivity index (χ3v) is 4.73. The lowest BCUT2D eigenvalue weighted by Crippen LogP contribution is -2.09. The van der Waals surface area contributed by atoms with Gasteiger partial charge < -0.3 is 5.32 Å². The normalized spacial score (nSPS) is 11.8. The van der Waals surface area contributed by atoms with E-state index >= 15 is 0 Å². The van der Waals surface area contributed by atoms with Gasteiger partial charge in [0.2, 0.25) is 0 Å². The van der Waals surface area contributed by atoms with Crippen LogP contribution in [0.3, 0.4) is 0 Å². The first kappa shape index (κ1) is 15.4. The first-order valence-electron chi connectivity index (χ1n) is 5.88. The molecule has 0 bridgehead atoms. The van der Waals surface area contributed by atoms with Crippen molar-refractivity contribution in [3.05, 3.63) is 61.5 Å². The minimum atomic E-state index is -0.432. The molecule has 0 radical (unpaired) electrons. The average molecular weight is 415 g/mol. The first-order valence-corrected chi connectivity index (χ1v) is 7.85. The van der Waals surface area contributed by atoms with Crippen molar-refractivity contribution >= 4 is 49.1 Å². The van der Waals surface area contributed by atoms with Crippen molar-refractivity contribution in [2.75, 3.05) is 5.32 Å². The van der Waals surface area contributed by atoms with Gasteiger partial charge in [-0.15, -0.1) is 0 Å². The largest absolute Gasteiger partial charge is 0.366 e. The maximum absolute atomic E-state index is 9.39. The van der Waals surface area contributed by atoms with Crippen molar-refractivity contribution < 1.29 is 0 Å². The van der Waals surface area contributed by atoms with E-state index in [1.54, 1.807) is 6.07 Å². The zero-order valence-corrected chi connectivity index (χ0v) is 14.6.